The van der Waals surface area contributed by atoms with E-state index in [1.54, 1.807) is 0 Å². The lowest BCUT2D eigenvalue weighted by Crippen LogP contribution is -2.35. The third-order valence-corrected chi connectivity index (χ3v) is 4.55. The summed E-state index contributed by atoms with van der Waals surface area (Å²) in [7, 11) is -3.25. The van der Waals surface area contributed by atoms with Crippen LogP contribution in [0.5, 0.6) is 0 Å². The first kappa shape index (κ1) is 14.9. The Bertz CT molecular complexity index is 299. The Balaban J connectivity index is 2.32. The first-order chi connectivity index (χ1) is 8.07. The van der Waals surface area contributed by atoms with Crippen LogP contribution in [0.4, 0.5) is 0 Å². The molecule has 17 heavy (non-hydrogen) atoms. The molecule has 102 valence electrons. The van der Waals surface area contributed by atoms with Gasteiger partial charge < -0.3 is 9.84 Å². The van der Waals surface area contributed by atoms with Crippen molar-refractivity contribution in [3.63, 3.8) is 0 Å². The van der Waals surface area contributed by atoms with Crippen LogP contribution in [0.25, 0.3) is 0 Å². The Morgan fingerprint density at radius 3 is 2.82 bits per heavy atom. The molecule has 6 heteroatoms. The predicted octanol–water partition coefficient (Wildman–Crippen LogP) is 0.493. The second-order valence-corrected chi connectivity index (χ2v) is 6.40. The highest BCUT2D eigenvalue weighted by atomic mass is 32.2. The Kier molecular flexibility index (Phi) is 6.40. The third-order valence-electron chi connectivity index (χ3n) is 3.14. The molecule has 5 nitrogen and oxygen atoms in total. The summed E-state index contributed by atoms with van der Waals surface area (Å²) in [6, 6.07) is 0. The Morgan fingerprint density at radius 2 is 2.29 bits per heavy atom. The highest BCUT2D eigenvalue weighted by Gasteiger charge is 2.23. The molecule has 1 aliphatic rings. The van der Waals surface area contributed by atoms with Crippen LogP contribution < -0.4 is 4.72 Å². The van der Waals surface area contributed by atoms with Gasteiger partial charge in [-0.05, 0) is 25.2 Å². The molecule has 1 heterocycles. The molecule has 0 spiro atoms. The predicted molar refractivity (Wildman–Crippen MR) is 66.2 cm³/mol. The molecule has 0 amide bonds. The van der Waals surface area contributed by atoms with E-state index in [4.69, 9.17) is 9.84 Å². The van der Waals surface area contributed by atoms with Crippen LogP contribution in [0.1, 0.15) is 32.6 Å². The van der Waals surface area contributed by atoms with Gasteiger partial charge in [-0.2, -0.15) is 0 Å². The first-order valence-corrected chi connectivity index (χ1v) is 7.92. The van der Waals surface area contributed by atoms with Crippen molar-refractivity contribution in [1.82, 2.24) is 4.72 Å². The van der Waals surface area contributed by atoms with Crippen LogP contribution in [0.15, 0.2) is 0 Å². The summed E-state index contributed by atoms with van der Waals surface area (Å²) in [4.78, 5) is 0. The van der Waals surface area contributed by atoms with Crippen molar-refractivity contribution in [2.24, 2.45) is 5.92 Å². The summed E-state index contributed by atoms with van der Waals surface area (Å²) >= 11 is 0. The van der Waals surface area contributed by atoms with Gasteiger partial charge in [0.2, 0.25) is 10.0 Å². The molecular formula is C11H23NO4S. The molecular weight excluding hydrogens is 242 g/mol. The maximum atomic E-state index is 11.8. The van der Waals surface area contributed by atoms with Gasteiger partial charge in [0.1, 0.15) is 0 Å². The van der Waals surface area contributed by atoms with E-state index in [2.05, 4.69) is 4.72 Å². The Morgan fingerprint density at radius 1 is 1.53 bits per heavy atom. The molecule has 0 radical (unpaired) electrons. The molecule has 2 N–H and O–H groups in total. The van der Waals surface area contributed by atoms with Gasteiger partial charge in [-0.1, -0.05) is 13.3 Å². The minimum absolute atomic E-state index is 0.0581. The molecule has 1 saturated heterocycles. The van der Waals surface area contributed by atoms with Gasteiger partial charge in [0.15, 0.2) is 0 Å². The number of hydrogen-bond acceptors (Lipinski definition) is 4. The number of ether oxygens (including phenoxy) is 1. The van der Waals surface area contributed by atoms with Crippen LogP contribution in [0.2, 0.25) is 0 Å². The third kappa shape index (κ3) is 5.81. The fourth-order valence-corrected chi connectivity index (χ4v) is 3.32. The molecule has 0 saturated carbocycles. The van der Waals surface area contributed by atoms with Crippen LogP contribution in [-0.4, -0.2) is 45.1 Å². The molecule has 0 aromatic heterocycles. The SMILES string of the molecule is CCC(CCO)CNS(=O)(=O)CC1CCCO1. The van der Waals surface area contributed by atoms with Crippen LogP contribution in [0, 0.1) is 5.92 Å². The molecule has 0 aliphatic carbocycles. The minimum atomic E-state index is -3.25. The highest BCUT2D eigenvalue weighted by molar-refractivity contribution is 7.89. The number of sulfonamides is 1. The number of aliphatic hydroxyl groups excluding tert-OH is 1. The van der Waals surface area contributed by atoms with Crippen LogP contribution >= 0.6 is 0 Å². The van der Waals surface area contributed by atoms with Gasteiger partial charge in [-0.3, -0.25) is 0 Å². The second kappa shape index (κ2) is 7.31. The van der Waals surface area contributed by atoms with Gasteiger partial charge in [0.05, 0.1) is 11.9 Å². The van der Waals surface area contributed by atoms with Crippen molar-refractivity contribution in [3.05, 3.63) is 0 Å². The van der Waals surface area contributed by atoms with E-state index in [-0.39, 0.29) is 24.4 Å². The van der Waals surface area contributed by atoms with Crippen molar-refractivity contribution >= 4 is 10.0 Å². The van der Waals surface area contributed by atoms with Crippen LogP contribution in [-0.2, 0) is 14.8 Å². The number of hydrogen-bond donors (Lipinski definition) is 2. The molecule has 1 rings (SSSR count). The van der Waals surface area contributed by atoms with Gasteiger partial charge in [0.25, 0.3) is 0 Å². The highest BCUT2D eigenvalue weighted by Crippen LogP contribution is 2.14. The van der Waals surface area contributed by atoms with Crippen molar-refractivity contribution in [2.45, 2.75) is 38.7 Å². The molecule has 1 fully saturated rings. The van der Waals surface area contributed by atoms with E-state index in [1.165, 1.54) is 0 Å². The zero-order valence-electron chi connectivity index (χ0n) is 10.4. The zero-order valence-corrected chi connectivity index (χ0v) is 11.2. The Hall–Kier alpha value is -0.170. The Labute approximate surface area is 104 Å². The van der Waals surface area contributed by atoms with E-state index in [1.807, 2.05) is 6.92 Å². The molecule has 0 aromatic carbocycles. The lowest BCUT2D eigenvalue weighted by molar-refractivity contribution is 0.127. The average molecular weight is 265 g/mol. The quantitative estimate of drug-likeness (QED) is 0.670. The summed E-state index contributed by atoms with van der Waals surface area (Å²) in [6.45, 7) is 3.18. The standard InChI is InChI=1S/C11H23NO4S/c1-2-10(5-6-13)8-12-17(14,15)9-11-4-3-7-16-11/h10-13H,2-9H2,1H3. The van der Waals surface area contributed by atoms with E-state index in [9.17, 15) is 8.42 Å². The first-order valence-electron chi connectivity index (χ1n) is 6.27. The van der Waals surface area contributed by atoms with Crippen molar-refractivity contribution in [1.29, 1.82) is 0 Å². The monoisotopic (exact) mass is 265 g/mol. The van der Waals surface area contributed by atoms with Gasteiger partial charge in [0, 0.05) is 19.8 Å². The van der Waals surface area contributed by atoms with Gasteiger partial charge in [-0.25, -0.2) is 13.1 Å². The van der Waals surface area contributed by atoms with Crippen molar-refractivity contribution in [3.8, 4) is 0 Å². The summed E-state index contributed by atoms with van der Waals surface area (Å²) < 4.78 is 31.4. The van der Waals surface area contributed by atoms with Gasteiger partial charge >= 0.3 is 0 Å². The van der Waals surface area contributed by atoms with E-state index >= 15 is 0 Å². The molecule has 2 atom stereocenters. The van der Waals surface area contributed by atoms with E-state index in [0.29, 0.717) is 19.6 Å². The number of rotatable bonds is 8. The summed E-state index contributed by atoms with van der Waals surface area (Å²) in [6.07, 6.45) is 3.13. The summed E-state index contributed by atoms with van der Waals surface area (Å²) in [5.74, 6) is 0.266. The van der Waals surface area contributed by atoms with Gasteiger partial charge in [-0.15, -0.1) is 0 Å². The molecule has 0 bridgehead atoms. The lowest BCUT2D eigenvalue weighted by Gasteiger charge is -2.16. The molecule has 2 unspecified atom stereocenters. The maximum absolute atomic E-state index is 11.8. The number of aliphatic hydroxyl groups is 1. The van der Waals surface area contributed by atoms with E-state index in [0.717, 1.165) is 19.3 Å². The minimum Gasteiger partial charge on any atom is -0.396 e. The van der Waals surface area contributed by atoms with Crippen molar-refractivity contribution < 1.29 is 18.3 Å². The fraction of sp³-hybridized carbons (Fsp3) is 1.00. The topological polar surface area (TPSA) is 75.6 Å². The van der Waals surface area contributed by atoms with Crippen LogP contribution in [0.3, 0.4) is 0 Å². The molecule has 1 aliphatic heterocycles. The fourth-order valence-electron chi connectivity index (χ4n) is 1.96. The average Bonchev–Trinajstić information content (AvgIpc) is 2.76. The summed E-state index contributed by atoms with van der Waals surface area (Å²) in [5, 5.41) is 8.83. The van der Waals surface area contributed by atoms with E-state index < -0.39 is 10.0 Å². The second-order valence-electron chi connectivity index (χ2n) is 4.55. The normalized spacial score (nSPS) is 22.8. The lowest BCUT2D eigenvalue weighted by atomic mass is 10.0. The summed E-state index contributed by atoms with van der Waals surface area (Å²) in [5.41, 5.74) is 0. The maximum Gasteiger partial charge on any atom is 0.214 e. The smallest absolute Gasteiger partial charge is 0.214 e. The number of nitrogens with one attached hydrogen (secondary N) is 1. The largest absolute Gasteiger partial charge is 0.396 e. The van der Waals surface area contributed by atoms with Crippen molar-refractivity contribution in [2.75, 3.05) is 25.5 Å². The zero-order chi connectivity index (χ0) is 12.7. The molecule has 0 aromatic rings.